The van der Waals surface area contributed by atoms with Crippen molar-refractivity contribution in [1.29, 1.82) is 0 Å². The van der Waals surface area contributed by atoms with Gasteiger partial charge >= 0.3 is 0 Å². The van der Waals surface area contributed by atoms with Crippen LogP contribution in [0.3, 0.4) is 0 Å². The molecular formula is C17H16ClFN4S. The first-order valence-electron chi connectivity index (χ1n) is 7.10. The number of allylic oxidation sites excluding steroid dienone is 1. The van der Waals surface area contributed by atoms with Crippen LogP contribution in [0.25, 0.3) is 11.4 Å². The topological polar surface area (TPSA) is 43.6 Å². The van der Waals surface area contributed by atoms with Crippen molar-refractivity contribution in [2.45, 2.75) is 17.5 Å². The van der Waals surface area contributed by atoms with Gasteiger partial charge in [0.05, 0.1) is 0 Å². The standard InChI is InChI=1S/C17H15FN4S.ClH/c1-2-11-22-16(13-7-9-19-10-8-13)20-21-17(22)23-12-14-5-3-4-6-15(14)18;/h2-10H,1,11-12H2;1H. The average molecular weight is 363 g/mol. The zero-order valence-corrected chi connectivity index (χ0v) is 14.4. The van der Waals surface area contributed by atoms with E-state index < -0.39 is 0 Å². The lowest BCUT2D eigenvalue weighted by molar-refractivity contribution is 0.617. The van der Waals surface area contributed by atoms with E-state index in [1.807, 2.05) is 22.8 Å². The molecule has 0 aliphatic heterocycles. The number of thioether (sulfide) groups is 1. The molecule has 0 saturated heterocycles. The van der Waals surface area contributed by atoms with Gasteiger partial charge in [-0.15, -0.1) is 29.2 Å². The maximum Gasteiger partial charge on any atom is 0.192 e. The molecule has 7 heteroatoms. The summed E-state index contributed by atoms with van der Waals surface area (Å²) in [6.45, 7) is 4.37. The fourth-order valence-electron chi connectivity index (χ4n) is 2.16. The lowest BCUT2D eigenvalue weighted by Crippen LogP contribution is -2.01. The van der Waals surface area contributed by atoms with Crippen LogP contribution in [0.15, 0.2) is 66.6 Å². The van der Waals surface area contributed by atoms with E-state index in [4.69, 9.17) is 0 Å². The van der Waals surface area contributed by atoms with Crippen molar-refractivity contribution >= 4 is 24.2 Å². The molecule has 124 valence electrons. The Hall–Kier alpha value is -2.18. The third-order valence-corrected chi connectivity index (χ3v) is 4.30. The van der Waals surface area contributed by atoms with Crippen LogP contribution < -0.4 is 0 Å². The van der Waals surface area contributed by atoms with Gasteiger partial charge in [0.1, 0.15) is 5.82 Å². The van der Waals surface area contributed by atoms with Gasteiger partial charge in [-0.25, -0.2) is 4.39 Å². The Morgan fingerprint density at radius 3 is 2.58 bits per heavy atom. The van der Waals surface area contributed by atoms with Gasteiger partial charge in [0.15, 0.2) is 11.0 Å². The summed E-state index contributed by atoms with van der Waals surface area (Å²) in [4.78, 5) is 4.01. The van der Waals surface area contributed by atoms with Crippen LogP contribution in [0.4, 0.5) is 4.39 Å². The predicted octanol–water partition coefficient (Wildman–Crippen LogP) is 4.38. The van der Waals surface area contributed by atoms with Gasteiger partial charge in [-0.3, -0.25) is 9.55 Å². The van der Waals surface area contributed by atoms with Gasteiger partial charge in [-0.05, 0) is 23.8 Å². The number of rotatable bonds is 6. The fraction of sp³-hybridized carbons (Fsp3) is 0.118. The zero-order chi connectivity index (χ0) is 16.1. The van der Waals surface area contributed by atoms with E-state index in [1.165, 1.54) is 17.8 Å². The van der Waals surface area contributed by atoms with Gasteiger partial charge in [0.2, 0.25) is 0 Å². The van der Waals surface area contributed by atoms with Crippen molar-refractivity contribution in [3.8, 4) is 11.4 Å². The van der Waals surface area contributed by atoms with Crippen LogP contribution >= 0.6 is 24.2 Å². The molecule has 0 bridgehead atoms. The minimum absolute atomic E-state index is 0. The van der Waals surface area contributed by atoms with E-state index in [0.29, 0.717) is 17.9 Å². The minimum Gasteiger partial charge on any atom is -0.298 e. The summed E-state index contributed by atoms with van der Waals surface area (Å²) in [7, 11) is 0. The Balaban J connectivity index is 0.00000208. The third-order valence-electron chi connectivity index (χ3n) is 3.28. The normalized spacial score (nSPS) is 10.2. The van der Waals surface area contributed by atoms with Crippen molar-refractivity contribution in [3.05, 3.63) is 72.8 Å². The molecule has 0 N–H and O–H groups in total. The summed E-state index contributed by atoms with van der Waals surface area (Å²) in [5.74, 6) is 1.05. The Bertz CT molecular complexity index is 807. The summed E-state index contributed by atoms with van der Waals surface area (Å²) < 4.78 is 15.7. The van der Waals surface area contributed by atoms with Crippen LogP contribution in [0, 0.1) is 5.82 Å². The van der Waals surface area contributed by atoms with Crippen molar-refractivity contribution in [1.82, 2.24) is 19.7 Å². The van der Waals surface area contributed by atoms with E-state index in [2.05, 4.69) is 21.8 Å². The lowest BCUT2D eigenvalue weighted by atomic mass is 10.2. The first-order valence-corrected chi connectivity index (χ1v) is 8.09. The largest absolute Gasteiger partial charge is 0.298 e. The molecule has 2 heterocycles. The maximum atomic E-state index is 13.7. The van der Waals surface area contributed by atoms with Gasteiger partial charge in [0.25, 0.3) is 0 Å². The fourth-order valence-corrected chi connectivity index (χ4v) is 3.10. The second kappa shape index (κ2) is 8.61. The summed E-state index contributed by atoms with van der Waals surface area (Å²) in [5, 5.41) is 9.24. The van der Waals surface area contributed by atoms with Crippen molar-refractivity contribution in [3.63, 3.8) is 0 Å². The molecule has 0 aliphatic carbocycles. The van der Waals surface area contributed by atoms with Crippen LogP contribution in [0.5, 0.6) is 0 Å². The molecule has 0 aliphatic rings. The van der Waals surface area contributed by atoms with Crippen molar-refractivity contribution < 1.29 is 4.39 Å². The molecule has 1 aromatic carbocycles. The van der Waals surface area contributed by atoms with Crippen molar-refractivity contribution in [2.75, 3.05) is 0 Å². The molecule has 0 spiro atoms. The highest BCUT2D eigenvalue weighted by molar-refractivity contribution is 7.98. The number of nitrogens with zero attached hydrogens (tertiary/aromatic N) is 4. The highest BCUT2D eigenvalue weighted by Crippen LogP contribution is 2.26. The van der Waals surface area contributed by atoms with Crippen molar-refractivity contribution in [2.24, 2.45) is 0 Å². The molecule has 4 nitrogen and oxygen atoms in total. The quantitative estimate of drug-likeness (QED) is 0.482. The molecule has 0 fully saturated rings. The van der Waals surface area contributed by atoms with Gasteiger partial charge in [-0.2, -0.15) is 0 Å². The van der Waals surface area contributed by atoms with E-state index in [-0.39, 0.29) is 18.2 Å². The number of halogens is 2. The Kier molecular flexibility index (Phi) is 6.52. The minimum atomic E-state index is -0.204. The molecule has 3 aromatic rings. The smallest absolute Gasteiger partial charge is 0.192 e. The number of pyridine rings is 1. The number of hydrogen-bond donors (Lipinski definition) is 0. The van der Waals surface area contributed by atoms with Crippen LogP contribution in [-0.4, -0.2) is 19.7 Å². The summed E-state index contributed by atoms with van der Waals surface area (Å²) >= 11 is 1.46. The number of aromatic nitrogens is 4. The molecule has 0 atom stereocenters. The number of hydrogen-bond acceptors (Lipinski definition) is 4. The third kappa shape index (κ3) is 4.01. The molecule has 2 aromatic heterocycles. The SMILES string of the molecule is C=CCn1c(SCc2ccccc2F)nnc1-c1ccncc1.Cl. The molecule has 0 amide bonds. The summed E-state index contributed by atoms with van der Waals surface area (Å²) in [5.41, 5.74) is 1.59. The molecular weight excluding hydrogens is 347 g/mol. The molecule has 0 saturated carbocycles. The monoisotopic (exact) mass is 362 g/mol. The average Bonchev–Trinajstić information content (AvgIpc) is 2.98. The van der Waals surface area contributed by atoms with E-state index in [1.54, 1.807) is 30.6 Å². The van der Waals surface area contributed by atoms with Crippen LogP contribution in [-0.2, 0) is 12.3 Å². The first kappa shape index (κ1) is 18.2. The second-order valence-corrected chi connectivity index (χ2v) is 5.76. The van der Waals surface area contributed by atoms with E-state index >= 15 is 0 Å². The highest BCUT2D eigenvalue weighted by Gasteiger charge is 2.14. The van der Waals surface area contributed by atoms with Gasteiger partial charge < -0.3 is 0 Å². The molecule has 24 heavy (non-hydrogen) atoms. The Morgan fingerprint density at radius 2 is 1.88 bits per heavy atom. The molecule has 3 rings (SSSR count). The van der Waals surface area contributed by atoms with Gasteiger partial charge in [-0.1, -0.05) is 36.0 Å². The number of benzene rings is 1. The van der Waals surface area contributed by atoms with Gasteiger partial charge in [0, 0.05) is 30.3 Å². The summed E-state index contributed by atoms with van der Waals surface area (Å²) in [6, 6.07) is 10.5. The summed E-state index contributed by atoms with van der Waals surface area (Å²) in [6.07, 6.45) is 5.23. The van der Waals surface area contributed by atoms with Crippen LogP contribution in [0.2, 0.25) is 0 Å². The maximum absolute atomic E-state index is 13.7. The lowest BCUT2D eigenvalue weighted by Gasteiger charge is -2.08. The first-order chi connectivity index (χ1) is 11.3. The van der Waals surface area contributed by atoms with Crippen LogP contribution in [0.1, 0.15) is 5.56 Å². The second-order valence-electron chi connectivity index (χ2n) is 4.82. The highest BCUT2D eigenvalue weighted by atomic mass is 35.5. The molecule has 0 unspecified atom stereocenters. The Labute approximate surface area is 150 Å². The Morgan fingerprint density at radius 1 is 1.12 bits per heavy atom. The predicted molar refractivity (Wildman–Crippen MR) is 96.7 cm³/mol. The molecule has 0 radical (unpaired) electrons. The van der Waals surface area contributed by atoms with E-state index in [9.17, 15) is 4.39 Å². The van der Waals surface area contributed by atoms with E-state index in [0.717, 1.165) is 16.5 Å². The zero-order valence-electron chi connectivity index (χ0n) is 12.8.